The zero-order valence-electron chi connectivity index (χ0n) is 11.0. The Morgan fingerprint density at radius 1 is 1.28 bits per heavy atom. The molecule has 0 aromatic heterocycles. The Morgan fingerprint density at radius 2 is 1.89 bits per heavy atom. The first-order valence-corrected chi connectivity index (χ1v) is 5.89. The topological polar surface area (TPSA) is 43.4 Å². The summed E-state index contributed by atoms with van der Waals surface area (Å²) in [5, 5.41) is 0. The smallest absolute Gasteiger partial charge is 0.333 e. The van der Waals surface area contributed by atoms with E-state index < -0.39 is 0 Å². The third kappa shape index (κ3) is 4.17. The molecule has 1 aromatic carbocycles. The molecule has 0 aliphatic carbocycles. The predicted octanol–water partition coefficient (Wildman–Crippen LogP) is 2.86. The lowest BCUT2D eigenvalue weighted by Gasteiger charge is -2.10. The van der Waals surface area contributed by atoms with Crippen molar-refractivity contribution in [3.8, 4) is 0 Å². The van der Waals surface area contributed by atoms with E-state index in [-0.39, 0.29) is 17.7 Å². The molecule has 3 heteroatoms. The van der Waals surface area contributed by atoms with Crippen LogP contribution in [0.15, 0.2) is 35.9 Å². The van der Waals surface area contributed by atoms with Crippen LogP contribution in [0.25, 0.3) is 6.08 Å². The van der Waals surface area contributed by atoms with Gasteiger partial charge in [-0.3, -0.25) is 4.79 Å². The lowest BCUT2D eigenvalue weighted by molar-refractivity contribution is -0.136. The molecule has 0 heterocycles. The van der Waals surface area contributed by atoms with Crippen LogP contribution in [0.1, 0.15) is 25.8 Å². The first-order chi connectivity index (χ1) is 8.54. The van der Waals surface area contributed by atoms with Gasteiger partial charge in [0.15, 0.2) is 0 Å². The van der Waals surface area contributed by atoms with Crippen molar-refractivity contribution in [2.24, 2.45) is 5.92 Å². The summed E-state index contributed by atoms with van der Waals surface area (Å²) in [6.45, 7) is 3.34. The SMILES string of the molecule is COC(=O)/C(=C/c1ccccc1)CC(C)C(C)=O. The molecule has 0 saturated carbocycles. The lowest BCUT2D eigenvalue weighted by Crippen LogP contribution is -2.13. The van der Waals surface area contributed by atoms with E-state index in [0.717, 1.165) is 5.56 Å². The van der Waals surface area contributed by atoms with E-state index >= 15 is 0 Å². The Morgan fingerprint density at radius 3 is 2.39 bits per heavy atom. The Bertz CT molecular complexity index is 446. The molecule has 96 valence electrons. The highest BCUT2D eigenvalue weighted by Gasteiger charge is 2.16. The summed E-state index contributed by atoms with van der Waals surface area (Å²) >= 11 is 0. The van der Waals surface area contributed by atoms with Crippen molar-refractivity contribution in [3.05, 3.63) is 41.5 Å². The van der Waals surface area contributed by atoms with Gasteiger partial charge in [0, 0.05) is 11.5 Å². The average molecular weight is 246 g/mol. The molecule has 0 fully saturated rings. The maximum absolute atomic E-state index is 11.7. The lowest BCUT2D eigenvalue weighted by atomic mass is 9.96. The second-order valence-corrected chi connectivity index (χ2v) is 4.29. The Hall–Kier alpha value is -1.90. The van der Waals surface area contributed by atoms with Crippen LogP contribution in [-0.4, -0.2) is 18.9 Å². The number of carbonyl (C=O) groups excluding carboxylic acids is 2. The molecular weight excluding hydrogens is 228 g/mol. The number of methoxy groups -OCH3 is 1. The maximum atomic E-state index is 11.7. The average Bonchev–Trinajstić information content (AvgIpc) is 2.38. The normalized spacial score (nSPS) is 12.9. The van der Waals surface area contributed by atoms with E-state index in [1.165, 1.54) is 14.0 Å². The van der Waals surface area contributed by atoms with Crippen LogP contribution in [0.5, 0.6) is 0 Å². The molecule has 3 nitrogen and oxygen atoms in total. The highest BCUT2D eigenvalue weighted by atomic mass is 16.5. The summed E-state index contributed by atoms with van der Waals surface area (Å²) in [5.41, 5.74) is 1.44. The van der Waals surface area contributed by atoms with Crippen molar-refractivity contribution in [2.75, 3.05) is 7.11 Å². The summed E-state index contributed by atoms with van der Waals surface area (Å²) in [7, 11) is 1.35. The molecule has 0 saturated heterocycles. The molecular formula is C15H18O3. The van der Waals surface area contributed by atoms with Crippen molar-refractivity contribution in [1.82, 2.24) is 0 Å². The maximum Gasteiger partial charge on any atom is 0.333 e. The van der Waals surface area contributed by atoms with E-state index in [0.29, 0.717) is 12.0 Å². The Balaban J connectivity index is 2.95. The zero-order chi connectivity index (χ0) is 13.5. The molecule has 0 aliphatic rings. The third-order valence-corrected chi connectivity index (χ3v) is 2.81. The standard InChI is InChI=1S/C15H18O3/c1-11(12(2)16)9-14(15(17)18-3)10-13-7-5-4-6-8-13/h4-8,10-11H,9H2,1-3H3/b14-10+. The zero-order valence-corrected chi connectivity index (χ0v) is 11.0. The van der Waals surface area contributed by atoms with Gasteiger partial charge in [-0.25, -0.2) is 4.79 Å². The van der Waals surface area contributed by atoms with Gasteiger partial charge >= 0.3 is 5.97 Å². The van der Waals surface area contributed by atoms with Gasteiger partial charge in [0.25, 0.3) is 0 Å². The Labute approximate surface area is 107 Å². The molecule has 0 N–H and O–H groups in total. The summed E-state index contributed by atoms with van der Waals surface area (Å²) in [6, 6.07) is 9.51. The third-order valence-electron chi connectivity index (χ3n) is 2.81. The van der Waals surface area contributed by atoms with Gasteiger partial charge in [0.1, 0.15) is 5.78 Å². The van der Waals surface area contributed by atoms with Crippen LogP contribution in [0.3, 0.4) is 0 Å². The fourth-order valence-corrected chi connectivity index (χ4v) is 1.56. The fraction of sp³-hybridized carbons (Fsp3) is 0.333. The number of ether oxygens (including phenoxy) is 1. The summed E-state index contributed by atoms with van der Waals surface area (Å²) in [6.07, 6.45) is 2.17. The van der Waals surface area contributed by atoms with E-state index in [2.05, 4.69) is 0 Å². The van der Waals surface area contributed by atoms with Crippen molar-refractivity contribution in [3.63, 3.8) is 0 Å². The quantitative estimate of drug-likeness (QED) is 0.592. The number of ketones is 1. The molecule has 1 aromatic rings. The van der Waals surface area contributed by atoms with Crippen molar-refractivity contribution >= 4 is 17.8 Å². The van der Waals surface area contributed by atoms with Crippen molar-refractivity contribution in [2.45, 2.75) is 20.3 Å². The summed E-state index contributed by atoms with van der Waals surface area (Å²) in [4.78, 5) is 22.9. The minimum Gasteiger partial charge on any atom is -0.466 e. The molecule has 0 bridgehead atoms. The molecule has 0 amide bonds. The number of carbonyl (C=O) groups is 2. The first-order valence-electron chi connectivity index (χ1n) is 5.89. The van der Waals surface area contributed by atoms with Gasteiger partial charge in [-0.1, -0.05) is 37.3 Å². The summed E-state index contributed by atoms with van der Waals surface area (Å²) < 4.78 is 4.75. The number of benzene rings is 1. The first kappa shape index (κ1) is 14.2. The van der Waals surface area contributed by atoms with E-state index in [1.807, 2.05) is 37.3 Å². The van der Waals surface area contributed by atoms with Gasteiger partial charge in [-0.2, -0.15) is 0 Å². The number of esters is 1. The van der Waals surface area contributed by atoms with Crippen LogP contribution >= 0.6 is 0 Å². The van der Waals surface area contributed by atoms with Crippen LogP contribution < -0.4 is 0 Å². The number of rotatable bonds is 5. The molecule has 0 radical (unpaired) electrons. The molecule has 18 heavy (non-hydrogen) atoms. The minimum absolute atomic E-state index is 0.0675. The van der Waals surface area contributed by atoms with Gasteiger partial charge in [0.2, 0.25) is 0 Å². The molecule has 0 aliphatic heterocycles. The number of Topliss-reactive ketones (excluding diaryl/α,β-unsaturated/α-hetero) is 1. The Kier molecular flexibility index (Phi) is 5.31. The van der Waals surface area contributed by atoms with E-state index in [4.69, 9.17) is 4.74 Å². The molecule has 1 rings (SSSR count). The second kappa shape index (κ2) is 6.74. The molecule has 0 spiro atoms. The largest absolute Gasteiger partial charge is 0.466 e. The van der Waals surface area contributed by atoms with Crippen LogP contribution in [-0.2, 0) is 14.3 Å². The van der Waals surface area contributed by atoms with Crippen LogP contribution in [0.2, 0.25) is 0 Å². The molecule has 1 atom stereocenters. The van der Waals surface area contributed by atoms with Gasteiger partial charge in [-0.05, 0) is 25.0 Å². The molecule has 1 unspecified atom stereocenters. The van der Waals surface area contributed by atoms with E-state index in [9.17, 15) is 9.59 Å². The van der Waals surface area contributed by atoms with Crippen LogP contribution in [0, 0.1) is 5.92 Å². The number of hydrogen-bond acceptors (Lipinski definition) is 3. The van der Waals surface area contributed by atoms with E-state index in [1.54, 1.807) is 6.08 Å². The minimum atomic E-state index is -0.382. The van der Waals surface area contributed by atoms with Gasteiger partial charge < -0.3 is 4.74 Å². The van der Waals surface area contributed by atoms with Gasteiger partial charge in [0.05, 0.1) is 7.11 Å². The highest BCUT2D eigenvalue weighted by Crippen LogP contribution is 2.17. The summed E-state index contributed by atoms with van der Waals surface area (Å²) in [5.74, 6) is -0.496. The van der Waals surface area contributed by atoms with Crippen molar-refractivity contribution in [1.29, 1.82) is 0 Å². The second-order valence-electron chi connectivity index (χ2n) is 4.29. The van der Waals surface area contributed by atoms with Gasteiger partial charge in [-0.15, -0.1) is 0 Å². The predicted molar refractivity (Wildman–Crippen MR) is 70.9 cm³/mol. The fourth-order valence-electron chi connectivity index (χ4n) is 1.56. The van der Waals surface area contributed by atoms with Crippen molar-refractivity contribution < 1.29 is 14.3 Å². The number of hydrogen-bond donors (Lipinski definition) is 0. The monoisotopic (exact) mass is 246 g/mol. The van der Waals surface area contributed by atoms with Crippen LogP contribution in [0.4, 0.5) is 0 Å². The highest BCUT2D eigenvalue weighted by molar-refractivity contribution is 5.94.